The van der Waals surface area contributed by atoms with Gasteiger partial charge in [0, 0.05) is 13.7 Å². The molecule has 1 atom stereocenters. The molecule has 1 amide bonds. The quantitative estimate of drug-likeness (QED) is 0.767. The smallest absolute Gasteiger partial charge is 0.265 e. The summed E-state index contributed by atoms with van der Waals surface area (Å²) in [5.41, 5.74) is 0.757. The lowest BCUT2D eigenvalue weighted by atomic mass is 10.2. The second-order valence-electron chi connectivity index (χ2n) is 3.56. The molecule has 96 valence electrons. The minimum Gasteiger partial charge on any atom is -0.383 e. The number of hydrogen-bond acceptors (Lipinski definition) is 5. The number of hydrogen-bond donors (Lipinski definition) is 1. The summed E-state index contributed by atoms with van der Waals surface area (Å²) in [6.45, 7) is 2.82. The van der Waals surface area contributed by atoms with Crippen molar-refractivity contribution in [1.29, 1.82) is 0 Å². The minimum absolute atomic E-state index is 0.162. The summed E-state index contributed by atoms with van der Waals surface area (Å²) >= 11 is 7.03. The van der Waals surface area contributed by atoms with Gasteiger partial charge in [-0.25, -0.2) is 0 Å². The van der Waals surface area contributed by atoms with E-state index in [9.17, 15) is 4.79 Å². The number of carbonyl (C=O) groups excluding carboxylic acids is 1. The third-order valence-electron chi connectivity index (χ3n) is 2.08. The van der Waals surface area contributed by atoms with Crippen LogP contribution in [0.5, 0.6) is 0 Å². The summed E-state index contributed by atoms with van der Waals surface area (Å²) in [5, 5.41) is 6.47. The van der Waals surface area contributed by atoms with E-state index in [-0.39, 0.29) is 11.3 Å². The van der Waals surface area contributed by atoms with Gasteiger partial charge in [0.25, 0.3) is 5.91 Å². The van der Waals surface area contributed by atoms with Crippen LogP contribution in [0.4, 0.5) is 0 Å². The molecular weight excluding hydrogens is 262 g/mol. The van der Waals surface area contributed by atoms with E-state index < -0.39 is 0 Å². The van der Waals surface area contributed by atoms with E-state index >= 15 is 0 Å². The summed E-state index contributed by atoms with van der Waals surface area (Å²) in [7, 11) is 1.57. The summed E-state index contributed by atoms with van der Waals surface area (Å²) in [4.78, 5) is 12.4. The van der Waals surface area contributed by atoms with Crippen LogP contribution < -0.4 is 5.32 Å². The van der Waals surface area contributed by atoms with Crippen LogP contribution in [0.2, 0.25) is 0 Å². The summed E-state index contributed by atoms with van der Waals surface area (Å²) in [6.07, 6.45) is 1.70. The molecule has 0 aliphatic rings. The maximum absolute atomic E-state index is 11.8. The minimum atomic E-state index is -0.223. The van der Waals surface area contributed by atoms with E-state index in [4.69, 9.17) is 16.3 Å². The summed E-state index contributed by atoms with van der Waals surface area (Å²) in [6, 6.07) is 0. The molecule has 0 saturated heterocycles. The average molecular weight is 278 g/mol. The fourth-order valence-electron chi connectivity index (χ4n) is 1.30. The number of rotatable bonds is 7. The Hall–Kier alpha value is -0.720. The number of aromatic nitrogens is 2. The predicted octanol–water partition coefficient (Wildman–Crippen LogP) is 1.47. The average Bonchev–Trinajstić information content (AvgIpc) is 2.75. The SMILES string of the molecule is CCCc1nnsc1C(=O)NCC(Cl)COC. The molecule has 0 aromatic carbocycles. The summed E-state index contributed by atoms with van der Waals surface area (Å²) < 4.78 is 8.68. The molecule has 0 radical (unpaired) electrons. The number of alkyl halides is 1. The lowest BCUT2D eigenvalue weighted by Crippen LogP contribution is -2.31. The van der Waals surface area contributed by atoms with Crippen molar-refractivity contribution in [3.05, 3.63) is 10.6 Å². The number of methoxy groups -OCH3 is 1. The van der Waals surface area contributed by atoms with Crippen LogP contribution in [0.15, 0.2) is 0 Å². The normalized spacial score (nSPS) is 12.4. The molecule has 0 bridgehead atoms. The van der Waals surface area contributed by atoms with Gasteiger partial charge in [-0.3, -0.25) is 4.79 Å². The van der Waals surface area contributed by atoms with Gasteiger partial charge in [0.05, 0.1) is 17.7 Å². The number of amides is 1. The topological polar surface area (TPSA) is 64.1 Å². The maximum Gasteiger partial charge on any atom is 0.265 e. The summed E-state index contributed by atoms with van der Waals surface area (Å²) in [5.74, 6) is -0.162. The van der Waals surface area contributed by atoms with Crippen LogP contribution in [-0.4, -0.2) is 41.1 Å². The van der Waals surface area contributed by atoms with Crippen LogP contribution >= 0.6 is 23.1 Å². The van der Waals surface area contributed by atoms with Crippen molar-refractivity contribution in [2.24, 2.45) is 0 Å². The molecule has 1 heterocycles. The molecule has 1 rings (SSSR count). The lowest BCUT2D eigenvalue weighted by Gasteiger charge is -2.09. The predicted molar refractivity (Wildman–Crippen MR) is 67.8 cm³/mol. The van der Waals surface area contributed by atoms with Crippen molar-refractivity contribution >= 4 is 29.0 Å². The first-order valence-corrected chi connectivity index (χ1v) is 6.62. The monoisotopic (exact) mass is 277 g/mol. The largest absolute Gasteiger partial charge is 0.383 e. The van der Waals surface area contributed by atoms with Gasteiger partial charge >= 0.3 is 0 Å². The van der Waals surface area contributed by atoms with Gasteiger partial charge in [0.1, 0.15) is 4.88 Å². The van der Waals surface area contributed by atoms with Crippen LogP contribution in [0, 0.1) is 0 Å². The Morgan fingerprint density at radius 2 is 2.41 bits per heavy atom. The first-order valence-electron chi connectivity index (χ1n) is 5.41. The van der Waals surface area contributed by atoms with Crippen LogP contribution in [0.25, 0.3) is 0 Å². The fraction of sp³-hybridized carbons (Fsp3) is 0.700. The van der Waals surface area contributed by atoms with Gasteiger partial charge in [-0.2, -0.15) is 0 Å². The molecule has 17 heavy (non-hydrogen) atoms. The zero-order chi connectivity index (χ0) is 12.7. The second kappa shape index (κ2) is 7.58. The standard InChI is InChI=1S/C10H16ClN3O2S/c1-3-4-8-9(17-14-13-8)10(15)12-5-7(11)6-16-2/h7H,3-6H2,1-2H3,(H,12,15). The molecular formula is C10H16ClN3O2S. The van der Waals surface area contributed by atoms with Crippen molar-refractivity contribution in [1.82, 2.24) is 14.9 Å². The van der Waals surface area contributed by atoms with E-state index in [0.29, 0.717) is 18.0 Å². The van der Waals surface area contributed by atoms with E-state index in [2.05, 4.69) is 14.9 Å². The van der Waals surface area contributed by atoms with Gasteiger partial charge in [-0.1, -0.05) is 17.8 Å². The Kier molecular flexibility index (Phi) is 6.39. The maximum atomic E-state index is 11.8. The highest BCUT2D eigenvalue weighted by atomic mass is 35.5. The first-order chi connectivity index (χ1) is 8.19. The van der Waals surface area contributed by atoms with Crippen molar-refractivity contribution in [3.8, 4) is 0 Å². The van der Waals surface area contributed by atoms with E-state index in [1.165, 1.54) is 0 Å². The Morgan fingerprint density at radius 3 is 3.06 bits per heavy atom. The highest BCUT2D eigenvalue weighted by Gasteiger charge is 2.16. The van der Waals surface area contributed by atoms with E-state index in [1.807, 2.05) is 6.92 Å². The number of aryl methyl sites for hydroxylation is 1. The first kappa shape index (κ1) is 14.3. The van der Waals surface area contributed by atoms with Gasteiger partial charge in [-0.05, 0) is 18.0 Å². The second-order valence-corrected chi connectivity index (χ2v) is 4.93. The van der Waals surface area contributed by atoms with Crippen molar-refractivity contribution in [2.75, 3.05) is 20.3 Å². The van der Waals surface area contributed by atoms with Crippen LogP contribution in [-0.2, 0) is 11.2 Å². The zero-order valence-electron chi connectivity index (χ0n) is 9.90. The molecule has 0 saturated carbocycles. The van der Waals surface area contributed by atoms with Crippen LogP contribution in [0.1, 0.15) is 28.7 Å². The molecule has 1 aromatic rings. The molecule has 0 aliphatic heterocycles. The number of carbonyl (C=O) groups is 1. The van der Waals surface area contributed by atoms with Crippen LogP contribution in [0.3, 0.4) is 0 Å². The van der Waals surface area contributed by atoms with Crippen molar-refractivity contribution < 1.29 is 9.53 Å². The highest BCUT2D eigenvalue weighted by Crippen LogP contribution is 2.12. The van der Waals surface area contributed by atoms with Gasteiger partial charge in [-0.15, -0.1) is 16.7 Å². The Labute approximate surface area is 110 Å². The molecule has 7 heteroatoms. The fourth-order valence-corrected chi connectivity index (χ4v) is 2.13. The number of nitrogens with one attached hydrogen (secondary N) is 1. The molecule has 0 aliphatic carbocycles. The van der Waals surface area contributed by atoms with E-state index in [0.717, 1.165) is 30.1 Å². The molecule has 1 unspecified atom stereocenters. The molecule has 0 fully saturated rings. The van der Waals surface area contributed by atoms with Gasteiger partial charge in [0.2, 0.25) is 0 Å². The Morgan fingerprint density at radius 1 is 1.65 bits per heavy atom. The van der Waals surface area contributed by atoms with Crippen molar-refractivity contribution in [3.63, 3.8) is 0 Å². The van der Waals surface area contributed by atoms with E-state index in [1.54, 1.807) is 7.11 Å². The third-order valence-corrected chi connectivity index (χ3v) is 3.13. The van der Waals surface area contributed by atoms with Gasteiger partial charge < -0.3 is 10.1 Å². The van der Waals surface area contributed by atoms with Crippen molar-refractivity contribution in [2.45, 2.75) is 25.1 Å². The molecule has 1 N–H and O–H groups in total. The number of halogens is 1. The Bertz CT molecular complexity index is 359. The molecule has 5 nitrogen and oxygen atoms in total. The number of nitrogens with zero attached hydrogens (tertiary/aromatic N) is 2. The molecule has 1 aromatic heterocycles. The molecule has 0 spiro atoms. The lowest BCUT2D eigenvalue weighted by molar-refractivity contribution is 0.0952. The zero-order valence-corrected chi connectivity index (χ0v) is 11.5. The number of ether oxygens (including phenoxy) is 1. The third kappa shape index (κ3) is 4.57. The highest BCUT2D eigenvalue weighted by molar-refractivity contribution is 7.08. The Balaban J connectivity index is 2.49. The van der Waals surface area contributed by atoms with Gasteiger partial charge in [0.15, 0.2) is 0 Å².